The maximum absolute atomic E-state index is 11.6. The van der Waals surface area contributed by atoms with Gasteiger partial charge in [0.05, 0.1) is 13.2 Å². The fourth-order valence-corrected chi connectivity index (χ4v) is 3.54. The van der Waals surface area contributed by atoms with E-state index in [1.165, 1.54) is 18.4 Å². The molecule has 1 aromatic carbocycles. The van der Waals surface area contributed by atoms with E-state index in [1.54, 1.807) is 7.11 Å². The lowest BCUT2D eigenvalue weighted by molar-refractivity contribution is -0.140. The molecule has 1 aromatic rings. The van der Waals surface area contributed by atoms with Crippen LogP contribution in [0.15, 0.2) is 42.0 Å². The van der Waals surface area contributed by atoms with Crippen LogP contribution >= 0.6 is 0 Å². The number of esters is 1. The van der Waals surface area contributed by atoms with E-state index in [1.807, 2.05) is 36.4 Å². The van der Waals surface area contributed by atoms with Crippen molar-refractivity contribution in [3.8, 4) is 0 Å². The Kier molecular flexibility index (Phi) is 11.8. The Bertz CT molecular complexity index is 568. The molecule has 1 N–H and O–H groups in total. The van der Waals surface area contributed by atoms with E-state index in [0.29, 0.717) is 30.8 Å². The average molecular weight is 391 g/mol. The summed E-state index contributed by atoms with van der Waals surface area (Å²) in [6.07, 6.45) is 5.60. The number of ether oxygens (including phenoxy) is 2. The minimum atomic E-state index is -0.326. The van der Waals surface area contributed by atoms with Gasteiger partial charge in [0.25, 0.3) is 0 Å². The molecule has 0 saturated carbocycles. The van der Waals surface area contributed by atoms with Crippen molar-refractivity contribution in [1.29, 1.82) is 0 Å². The molecule has 4 nitrogen and oxygen atoms in total. The van der Waals surface area contributed by atoms with E-state index in [2.05, 4.69) is 27.7 Å². The van der Waals surface area contributed by atoms with E-state index >= 15 is 0 Å². The zero-order valence-corrected chi connectivity index (χ0v) is 18.2. The van der Waals surface area contributed by atoms with Gasteiger partial charge in [0, 0.05) is 19.1 Å². The number of carbonyl (C=O) groups is 1. The summed E-state index contributed by atoms with van der Waals surface area (Å²) in [7, 11) is 1.70. The second-order valence-electron chi connectivity index (χ2n) is 8.42. The summed E-state index contributed by atoms with van der Waals surface area (Å²) < 4.78 is 9.99. The first-order valence-electron chi connectivity index (χ1n) is 10.4. The lowest BCUT2D eigenvalue weighted by atomic mass is 9.86. The molecule has 0 radical (unpaired) electrons. The predicted molar refractivity (Wildman–Crippen MR) is 114 cm³/mol. The summed E-state index contributed by atoms with van der Waals surface area (Å²) in [6, 6.07) is 10.1. The standard InChI is InChI=1S/C16H28O3.C8H10O/c1-11(2)7-13(8-12(3)4)5-6-14-9-15(10-17)19-16(14)18;1-9-7-8-5-3-2-4-6-8/h6,11-13,15,17H,5,7-10H2,1-4H3;2-6H,7H2,1H3/b14-6+;. The van der Waals surface area contributed by atoms with Crippen LogP contribution in [0.1, 0.15) is 58.9 Å². The molecule has 0 aliphatic carbocycles. The van der Waals surface area contributed by atoms with Crippen molar-refractivity contribution in [1.82, 2.24) is 0 Å². The summed E-state index contributed by atoms with van der Waals surface area (Å²) in [4.78, 5) is 11.6. The van der Waals surface area contributed by atoms with Crippen molar-refractivity contribution in [3.63, 3.8) is 0 Å². The summed E-state index contributed by atoms with van der Waals surface area (Å²) in [5.41, 5.74) is 1.97. The topological polar surface area (TPSA) is 55.8 Å². The second kappa shape index (κ2) is 13.5. The highest BCUT2D eigenvalue weighted by Gasteiger charge is 2.28. The number of hydrogen-bond acceptors (Lipinski definition) is 4. The summed E-state index contributed by atoms with van der Waals surface area (Å²) >= 11 is 0. The Morgan fingerprint density at radius 1 is 1.14 bits per heavy atom. The summed E-state index contributed by atoms with van der Waals surface area (Å²) in [5, 5.41) is 9.01. The number of cyclic esters (lactones) is 1. The fraction of sp³-hybridized carbons (Fsp3) is 0.625. The van der Waals surface area contributed by atoms with Gasteiger partial charge in [-0.1, -0.05) is 64.1 Å². The molecule has 28 heavy (non-hydrogen) atoms. The molecule has 1 aliphatic rings. The summed E-state index contributed by atoms with van der Waals surface area (Å²) in [5.74, 6) is 1.76. The molecule has 2 rings (SSSR count). The first-order chi connectivity index (χ1) is 13.3. The van der Waals surface area contributed by atoms with Crippen LogP contribution in [-0.4, -0.2) is 30.9 Å². The smallest absolute Gasteiger partial charge is 0.334 e. The van der Waals surface area contributed by atoms with Gasteiger partial charge in [-0.3, -0.25) is 0 Å². The Morgan fingerprint density at radius 3 is 2.21 bits per heavy atom. The van der Waals surface area contributed by atoms with Crippen LogP contribution in [0, 0.1) is 17.8 Å². The normalized spacial score (nSPS) is 18.0. The molecule has 1 atom stereocenters. The van der Waals surface area contributed by atoms with Crippen LogP contribution in [0.4, 0.5) is 0 Å². The van der Waals surface area contributed by atoms with Crippen LogP contribution in [0.3, 0.4) is 0 Å². The van der Waals surface area contributed by atoms with Crippen LogP contribution in [0.5, 0.6) is 0 Å². The Labute approximate surface area is 170 Å². The van der Waals surface area contributed by atoms with E-state index in [-0.39, 0.29) is 18.7 Å². The van der Waals surface area contributed by atoms with Crippen molar-refractivity contribution in [3.05, 3.63) is 47.5 Å². The van der Waals surface area contributed by atoms with Crippen LogP contribution < -0.4 is 0 Å². The van der Waals surface area contributed by atoms with E-state index < -0.39 is 0 Å². The Morgan fingerprint density at radius 2 is 1.75 bits per heavy atom. The third kappa shape index (κ3) is 10.0. The van der Waals surface area contributed by atoms with Gasteiger partial charge in [0.1, 0.15) is 6.10 Å². The molecule has 1 saturated heterocycles. The first-order valence-corrected chi connectivity index (χ1v) is 10.4. The highest BCUT2D eigenvalue weighted by molar-refractivity contribution is 5.90. The molecule has 0 amide bonds. The zero-order chi connectivity index (χ0) is 20.9. The first kappa shape index (κ1) is 24.4. The van der Waals surface area contributed by atoms with Gasteiger partial charge in [-0.25, -0.2) is 4.79 Å². The quantitative estimate of drug-likeness (QED) is 0.468. The number of methoxy groups -OCH3 is 1. The number of rotatable bonds is 9. The molecule has 0 bridgehead atoms. The van der Waals surface area contributed by atoms with Crippen LogP contribution in [0.2, 0.25) is 0 Å². The largest absolute Gasteiger partial charge is 0.456 e. The molecule has 1 fully saturated rings. The van der Waals surface area contributed by atoms with Crippen LogP contribution in [0.25, 0.3) is 0 Å². The van der Waals surface area contributed by atoms with Gasteiger partial charge in [-0.05, 0) is 42.6 Å². The molecular weight excluding hydrogens is 352 g/mol. The maximum Gasteiger partial charge on any atom is 0.334 e. The molecule has 4 heteroatoms. The molecule has 158 valence electrons. The van der Waals surface area contributed by atoms with Crippen LogP contribution in [-0.2, 0) is 20.9 Å². The van der Waals surface area contributed by atoms with Gasteiger partial charge < -0.3 is 14.6 Å². The average Bonchev–Trinajstić information content (AvgIpc) is 3.00. The highest BCUT2D eigenvalue weighted by Crippen LogP contribution is 2.27. The number of carbonyl (C=O) groups excluding carboxylic acids is 1. The predicted octanol–water partition coefficient (Wildman–Crippen LogP) is 5.15. The molecule has 0 spiro atoms. The van der Waals surface area contributed by atoms with E-state index in [9.17, 15) is 4.79 Å². The lowest BCUT2D eigenvalue weighted by Crippen LogP contribution is -2.10. The third-order valence-corrected chi connectivity index (χ3v) is 4.65. The monoisotopic (exact) mass is 390 g/mol. The van der Waals surface area contributed by atoms with Gasteiger partial charge in [-0.15, -0.1) is 0 Å². The number of allylic oxidation sites excluding steroid dienone is 1. The van der Waals surface area contributed by atoms with E-state index in [4.69, 9.17) is 14.6 Å². The highest BCUT2D eigenvalue weighted by atomic mass is 16.6. The fourth-order valence-electron chi connectivity index (χ4n) is 3.54. The maximum atomic E-state index is 11.6. The molecule has 0 aromatic heterocycles. The Hall–Kier alpha value is -1.65. The van der Waals surface area contributed by atoms with E-state index in [0.717, 1.165) is 12.0 Å². The number of aliphatic hydroxyl groups excluding tert-OH is 1. The molecule has 1 unspecified atom stereocenters. The summed E-state index contributed by atoms with van der Waals surface area (Å²) in [6.45, 7) is 9.60. The number of hydrogen-bond donors (Lipinski definition) is 1. The SMILES string of the molecule is CC(C)CC(C/C=C1\CC(CO)OC1=O)CC(C)C.COCc1ccccc1. The van der Waals surface area contributed by atoms with Gasteiger partial charge in [0.15, 0.2) is 0 Å². The molecule has 1 aliphatic heterocycles. The molecule has 1 heterocycles. The van der Waals surface area contributed by atoms with Gasteiger partial charge >= 0.3 is 5.97 Å². The van der Waals surface area contributed by atoms with Crippen molar-refractivity contribution >= 4 is 5.97 Å². The second-order valence-corrected chi connectivity index (χ2v) is 8.42. The van der Waals surface area contributed by atoms with Gasteiger partial charge in [-0.2, -0.15) is 0 Å². The third-order valence-electron chi connectivity index (χ3n) is 4.65. The lowest BCUT2D eigenvalue weighted by Gasteiger charge is -2.19. The van der Waals surface area contributed by atoms with Gasteiger partial charge in [0.2, 0.25) is 0 Å². The van der Waals surface area contributed by atoms with Crippen molar-refractivity contribution < 1.29 is 19.4 Å². The molecular formula is C24H38O4. The minimum Gasteiger partial charge on any atom is -0.456 e. The Balaban J connectivity index is 0.000000362. The van der Waals surface area contributed by atoms with Crippen molar-refractivity contribution in [2.75, 3.05) is 13.7 Å². The number of benzene rings is 1. The van der Waals surface area contributed by atoms with Crippen molar-refractivity contribution in [2.24, 2.45) is 17.8 Å². The van der Waals surface area contributed by atoms with Crippen molar-refractivity contribution in [2.45, 2.75) is 66.1 Å². The zero-order valence-electron chi connectivity index (χ0n) is 18.2. The minimum absolute atomic E-state index is 0.0789. The number of aliphatic hydroxyl groups is 1.